The zero-order valence-corrected chi connectivity index (χ0v) is 15.7. The van der Waals surface area contributed by atoms with Gasteiger partial charge in [0.05, 0.1) is 0 Å². The molecule has 0 amide bonds. The van der Waals surface area contributed by atoms with Crippen LogP contribution in [0.25, 0.3) is 5.57 Å². The minimum atomic E-state index is -2.90. The lowest BCUT2D eigenvalue weighted by molar-refractivity contribution is 0.0175. The summed E-state index contributed by atoms with van der Waals surface area (Å²) in [6, 6.07) is 9.82. The Labute approximate surface area is 162 Å². The summed E-state index contributed by atoms with van der Waals surface area (Å²) < 4.78 is 27.1. The lowest BCUT2D eigenvalue weighted by Gasteiger charge is -2.15. The van der Waals surface area contributed by atoms with Crippen LogP contribution in [0.3, 0.4) is 0 Å². The van der Waals surface area contributed by atoms with Gasteiger partial charge in [-0.1, -0.05) is 36.4 Å². The van der Waals surface area contributed by atoms with Gasteiger partial charge in [0.2, 0.25) is 0 Å². The highest BCUT2D eigenvalue weighted by Crippen LogP contribution is 2.38. The number of rotatable bonds is 5. The van der Waals surface area contributed by atoms with E-state index in [2.05, 4.69) is 10.3 Å². The molecule has 1 aromatic heterocycles. The second-order valence-electron chi connectivity index (χ2n) is 7.84. The first kappa shape index (κ1) is 19.0. The van der Waals surface area contributed by atoms with Crippen molar-refractivity contribution < 1.29 is 13.9 Å². The largest absolute Gasteiger partial charge is 0.379 e. The molecule has 6 heteroatoms. The van der Waals surface area contributed by atoms with E-state index >= 15 is 0 Å². The highest BCUT2D eigenvalue weighted by molar-refractivity contribution is 5.78. The molecule has 1 aliphatic heterocycles. The SMILES string of the molecule is CC(F)(F)c1ccc(/C(=C/[C@H]2CCC(O)N2)c2ccc(C3CC3)c(=O)[nH]2)cc1. The Bertz CT molecular complexity index is 940. The van der Waals surface area contributed by atoms with Crippen LogP contribution in [-0.4, -0.2) is 22.4 Å². The fraction of sp³-hybridized carbons (Fsp3) is 0.409. The molecular formula is C22H24F2N2O2. The van der Waals surface area contributed by atoms with Crippen molar-refractivity contribution in [2.45, 2.75) is 56.7 Å². The number of hydrogen-bond acceptors (Lipinski definition) is 3. The average Bonchev–Trinajstić information content (AvgIpc) is 3.40. The molecule has 1 aliphatic carbocycles. The molecule has 2 heterocycles. The first-order valence-electron chi connectivity index (χ1n) is 9.69. The summed E-state index contributed by atoms with van der Waals surface area (Å²) in [5, 5.41) is 12.8. The van der Waals surface area contributed by atoms with E-state index in [0.717, 1.165) is 42.9 Å². The molecule has 1 unspecified atom stereocenters. The van der Waals surface area contributed by atoms with Gasteiger partial charge in [0.25, 0.3) is 11.5 Å². The summed E-state index contributed by atoms with van der Waals surface area (Å²) in [5.74, 6) is -2.55. The fourth-order valence-electron chi connectivity index (χ4n) is 3.73. The van der Waals surface area contributed by atoms with Crippen molar-refractivity contribution in [1.82, 2.24) is 10.3 Å². The number of aliphatic hydroxyl groups is 1. The van der Waals surface area contributed by atoms with Crippen molar-refractivity contribution in [2.24, 2.45) is 0 Å². The van der Waals surface area contributed by atoms with E-state index in [-0.39, 0.29) is 17.2 Å². The van der Waals surface area contributed by atoms with Gasteiger partial charge in [0.15, 0.2) is 0 Å². The number of nitrogens with one attached hydrogen (secondary N) is 2. The van der Waals surface area contributed by atoms with Gasteiger partial charge in [-0.15, -0.1) is 0 Å². The van der Waals surface area contributed by atoms with Crippen LogP contribution in [0.5, 0.6) is 0 Å². The van der Waals surface area contributed by atoms with E-state index in [1.165, 1.54) is 12.1 Å². The van der Waals surface area contributed by atoms with Crippen LogP contribution < -0.4 is 10.9 Å². The van der Waals surface area contributed by atoms with Gasteiger partial charge in [0.1, 0.15) is 6.23 Å². The third-order valence-corrected chi connectivity index (χ3v) is 5.48. The van der Waals surface area contributed by atoms with E-state index in [1.807, 2.05) is 18.2 Å². The van der Waals surface area contributed by atoms with E-state index in [1.54, 1.807) is 12.1 Å². The quantitative estimate of drug-likeness (QED) is 0.731. The van der Waals surface area contributed by atoms with Gasteiger partial charge in [-0.3, -0.25) is 10.1 Å². The molecule has 1 saturated heterocycles. The maximum absolute atomic E-state index is 13.6. The van der Waals surface area contributed by atoms with Gasteiger partial charge in [-0.25, -0.2) is 8.78 Å². The van der Waals surface area contributed by atoms with Crippen LogP contribution in [0.2, 0.25) is 0 Å². The monoisotopic (exact) mass is 386 g/mol. The Hall–Kier alpha value is -2.31. The predicted octanol–water partition coefficient (Wildman–Crippen LogP) is 3.87. The number of halogens is 2. The molecule has 4 nitrogen and oxygen atoms in total. The molecule has 4 rings (SSSR count). The summed E-state index contributed by atoms with van der Waals surface area (Å²) in [5.41, 5.74) is 2.81. The minimum absolute atomic E-state index is 0.0519. The molecule has 148 valence electrons. The Morgan fingerprint density at radius 1 is 1.11 bits per heavy atom. The van der Waals surface area contributed by atoms with Crippen LogP contribution in [0.4, 0.5) is 8.78 Å². The molecule has 2 aromatic rings. The van der Waals surface area contributed by atoms with Crippen molar-refractivity contribution in [3.63, 3.8) is 0 Å². The molecule has 0 spiro atoms. The normalized spacial score (nSPS) is 23.2. The van der Waals surface area contributed by atoms with Crippen molar-refractivity contribution in [3.8, 4) is 0 Å². The smallest absolute Gasteiger partial charge is 0.270 e. The molecular weight excluding hydrogens is 362 g/mol. The molecule has 2 aliphatic rings. The van der Waals surface area contributed by atoms with Crippen LogP contribution in [0, 0.1) is 0 Å². The fourth-order valence-corrected chi connectivity index (χ4v) is 3.73. The van der Waals surface area contributed by atoms with Crippen molar-refractivity contribution in [3.05, 3.63) is 75.2 Å². The number of H-pyrrole nitrogens is 1. The van der Waals surface area contributed by atoms with Gasteiger partial charge >= 0.3 is 0 Å². The first-order valence-corrected chi connectivity index (χ1v) is 9.69. The number of aromatic nitrogens is 1. The van der Waals surface area contributed by atoms with Gasteiger partial charge in [-0.05, 0) is 43.2 Å². The van der Waals surface area contributed by atoms with Gasteiger partial charge < -0.3 is 10.1 Å². The highest BCUT2D eigenvalue weighted by atomic mass is 19.3. The third-order valence-electron chi connectivity index (χ3n) is 5.48. The molecule has 2 fully saturated rings. The molecule has 1 saturated carbocycles. The van der Waals surface area contributed by atoms with Gasteiger partial charge in [0, 0.05) is 35.4 Å². The van der Waals surface area contributed by atoms with Crippen molar-refractivity contribution >= 4 is 5.57 Å². The Morgan fingerprint density at radius 3 is 2.36 bits per heavy atom. The lowest BCUT2D eigenvalue weighted by atomic mass is 9.96. The zero-order chi connectivity index (χ0) is 19.9. The lowest BCUT2D eigenvalue weighted by Crippen LogP contribution is -2.27. The van der Waals surface area contributed by atoms with E-state index in [9.17, 15) is 18.7 Å². The summed E-state index contributed by atoms with van der Waals surface area (Å²) in [6.45, 7) is 0.872. The van der Waals surface area contributed by atoms with E-state index in [4.69, 9.17) is 0 Å². The summed E-state index contributed by atoms with van der Waals surface area (Å²) in [7, 11) is 0. The number of hydrogen-bond donors (Lipinski definition) is 3. The molecule has 1 aromatic carbocycles. The summed E-state index contributed by atoms with van der Waals surface area (Å²) in [4.78, 5) is 15.5. The van der Waals surface area contributed by atoms with Gasteiger partial charge in [-0.2, -0.15) is 0 Å². The third kappa shape index (κ3) is 4.08. The van der Waals surface area contributed by atoms with Crippen molar-refractivity contribution in [2.75, 3.05) is 0 Å². The number of aliphatic hydroxyl groups excluding tert-OH is 1. The van der Waals surface area contributed by atoms with Crippen LogP contribution in [0.15, 0.2) is 47.3 Å². The summed E-state index contributed by atoms with van der Waals surface area (Å²) in [6.07, 6.45) is 4.90. The number of alkyl halides is 2. The standard InChI is InChI=1S/C22H24F2N2O2/c1-22(23,24)15-6-4-14(5-7-15)18(12-16-8-11-20(27)25-16)19-10-9-17(13-2-3-13)21(28)26-19/h4-7,9-10,12-13,16,20,25,27H,2-3,8,11H2,1H3,(H,26,28)/b18-12-/t16-,20?/m1/s1. The Morgan fingerprint density at radius 2 is 1.82 bits per heavy atom. The highest BCUT2D eigenvalue weighted by Gasteiger charge is 2.27. The molecule has 0 radical (unpaired) electrons. The van der Waals surface area contributed by atoms with E-state index in [0.29, 0.717) is 18.0 Å². The van der Waals surface area contributed by atoms with E-state index < -0.39 is 12.2 Å². The minimum Gasteiger partial charge on any atom is -0.379 e. The van der Waals surface area contributed by atoms with Crippen LogP contribution in [0.1, 0.15) is 60.9 Å². The molecule has 0 bridgehead atoms. The maximum Gasteiger partial charge on any atom is 0.270 e. The zero-order valence-electron chi connectivity index (χ0n) is 15.7. The molecule has 2 atom stereocenters. The Kier molecular flexibility index (Phi) is 4.93. The van der Waals surface area contributed by atoms with Crippen LogP contribution >= 0.6 is 0 Å². The predicted molar refractivity (Wildman–Crippen MR) is 104 cm³/mol. The van der Waals surface area contributed by atoms with Crippen LogP contribution in [-0.2, 0) is 5.92 Å². The maximum atomic E-state index is 13.6. The number of aromatic amines is 1. The first-order chi connectivity index (χ1) is 13.3. The average molecular weight is 386 g/mol. The molecule has 3 N–H and O–H groups in total. The number of pyridine rings is 1. The summed E-state index contributed by atoms with van der Waals surface area (Å²) >= 11 is 0. The Balaban J connectivity index is 1.73. The van der Waals surface area contributed by atoms with Crippen molar-refractivity contribution in [1.29, 1.82) is 0 Å². The number of benzene rings is 1. The second-order valence-corrected chi connectivity index (χ2v) is 7.84. The topological polar surface area (TPSA) is 65.1 Å². The second kappa shape index (κ2) is 7.26. The molecule has 28 heavy (non-hydrogen) atoms.